The molecular weight excluding hydrogens is 150 g/mol. The van der Waals surface area contributed by atoms with Crippen molar-refractivity contribution in [2.75, 3.05) is 0 Å². The molecule has 4 saturated carbocycles. The Balaban J connectivity index is 1.95. The van der Waals surface area contributed by atoms with Crippen LogP contribution in [0.2, 0.25) is 0 Å². The van der Waals surface area contributed by atoms with Gasteiger partial charge in [0, 0.05) is 6.04 Å². The predicted octanol–water partition coefficient (Wildman–Crippen LogP) is 0.885. The van der Waals surface area contributed by atoms with Crippen LogP contribution >= 0.6 is 0 Å². The SMILES string of the molecule is N[C@@H]1[C@@H]2CC3C[C@H]1C[C@@](O)(C3)C2. The first kappa shape index (κ1) is 7.34. The van der Waals surface area contributed by atoms with Gasteiger partial charge in [0.1, 0.15) is 0 Å². The number of rotatable bonds is 0. The lowest BCUT2D eigenvalue weighted by molar-refractivity contribution is -0.132. The van der Waals surface area contributed by atoms with Gasteiger partial charge in [-0.15, -0.1) is 0 Å². The standard InChI is InChI=1S/C10H17NO/c11-9-7-1-6-2-8(9)5-10(12,3-6)4-7/h6-9,12H,1-5,11H2/t6?,7-,8+,9-,10-. The van der Waals surface area contributed by atoms with Gasteiger partial charge in [0.05, 0.1) is 5.60 Å². The molecular formula is C10H17NO. The molecule has 0 heterocycles. The minimum atomic E-state index is -0.299. The summed E-state index contributed by atoms with van der Waals surface area (Å²) in [5, 5.41) is 10.2. The topological polar surface area (TPSA) is 46.2 Å². The number of hydrogen-bond donors (Lipinski definition) is 2. The minimum Gasteiger partial charge on any atom is -0.390 e. The first-order chi connectivity index (χ1) is 5.66. The summed E-state index contributed by atoms with van der Waals surface area (Å²) >= 11 is 0. The fourth-order valence-corrected chi connectivity index (χ4v) is 4.02. The first-order valence-corrected chi connectivity index (χ1v) is 5.14. The lowest BCUT2D eigenvalue weighted by Crippen LogP contribution is -2.59. The molecule has 68 valence electrons. The highest BCUT2D eigenvalue weighted by atomic mass is 16.3. The zero-order chi connectivity index (χ0) is 8.34. The molecule has 1 unspecified atom stereocenters. The van der Waals surface area contributed by atoms with Gasteiger partial charge in [-0.1, -0.05) is 0 Å². The van der Waals surface area contributed by atoms with E-state index < -0.39 is 0 Å². The van der Waals surface area contributed by atoms with E-state index in [2.05, 4.69) is 0 Å². The smallest absolute Gasteiger partial charge is 0.0657 e. The largest absolute Gasteiger partial charge is 0.390 e. The van der Waals surface area contributed by atoms with Gasteiger partial charge in [0.25, 0.3) is 0 Å². The molecule has 4 fully saturated rings. The molecule has 4 bridgehead atoms. The van der Waals surface area contributed by atoms with Crippen LogP contribution in [0.5, 0.6) is 0 Å². The summed E-state index contributed by atoms with van der Waals surface area (Å²) in [7, 11) is 0. The Labute approximate surface area is 73.1 Å². The van der Waals surface area contributed by atoms with Crippen LogP contribution in [-0.2, 0) is 0 Å². The maximum absolute atomic E-state index is 10.2. The summed E-state index contributed by atoms with van der Waals surface area (Å²) in [6.45, 7) is 0. The quantitative estimate of drug-likeness (QED) is 0.562. The van der Waals surface area contributed by atoms with Crippen molar-refractivity contribution < 1.29 is 5.11 Å². The summed E-state index contributed by atoms with van der Waals surface area (Å²) in [4.78, 5) is 0. The molecule has 4 rings (SSSR count). The minimum absolute atomic E-state index is 0.299. The second kappa shape index (κ2) is 2.05. The molecule has 2 heteroatoms. The van der Waals surface area contributed by atoms with E-state index in [9.17, 15) is 5.11 Å². The molecule has 0 aromatic carbocycles. The van der Waals surface area contributed by atoms with Crippen LogP contribution in [0.3, 0.4) is 0 Å². The van der Waals surface area contributed by atoms with E-state index in [1.54, 1.807) is 0 Å². The molecule has 5 atom stereocenters. The third-order valence-corrected chi connectivity index (χ3v) is 4.31. The van der Waals surface area contributed by atoms with Crippen molar-refractivity contribution in [3.05, 3.63) is 0 Å². The average Bonchev–Trinajstić information content (AvgIpc) is 1.96. The normalized spacial score (nSPS) is 62.5. The third kappa shape index (κ3) is 0.826. The van der Waals surface area contributed by atoms with Crippen LogP contribution < -0.4 is 5.73 Å². The molecule has 0 aromatic heterocycles. The van der Waals surface area contributed by atoms with Gasteiger partial charge in [0.15, 0.2) is 0 Å². The lowest BCUT2D eigenvalue weighted by atomic mass is 9.52. The van der Waals surface area contributed by atoms with Crippen LogP contribution in [0.1, 0.15) is 32.1 Å². The van der Waals surface area contributed by atoms with Crippen molar-refractivity contribution in [3.63, 3.8) is 0 Å². The van der Waals surface area contributed by atoms with Crippen molar-refractivity contribution in [1.82, 2.24) is 0 Å². The number of nitrogens with two attached hydrogens (primary N) is 1. The van der Waals surface area contributed by atoms with Gasteiger partial charge in [0.2, 0.25) is 0 Å². The van der Waals surface area contributed by atoms with E-state index in [-0.39, 0.29) is 5.60 Å². The van der Waals surface area contributed by atoms with Gasteiger partial charge in [-0.05, 0) is 49.9 Å². The van der Waals surface area contributed by atoms with Crippen LogP contribution in [0.4, 0.5) is 0 Å². The maximum atomic E-state index is 10.2. The van der Waals surface area contributed by atoms with E-state index in [1.165, 1.54) is 12.8 Å². The fraction of sp³-hybridized carbons (Fsp3) is 1.00. The number of hydrogen-bond acceptors (Lipinski definition) is 2. The average molecular weight is 167 g/mol. The Morgan fingerprint density at radius 2 is 1.67 bits per heavy atom. The summed E-state index contributed by atoms with van der Waals surface area (Å²) in [6, 6.07) is 0.404. The molecule has 0 spiro atoms. The lowest BCUT2D eigenvalue weighted by Gasteiger charge is -2.57. The van der Waals surface area contributed by atoms with E-state index in [0.717, 1.165) is 25.2 Å². The zero-order valence-electron chi connectivity index (χ0n) is 7.37. The van der Waals surface area contributed by atoms with Gasteiger partial charge >= 0.3 is 0 Å². The van der Waals surface area contributed by atoms with Crippen LogP contribution in [0.25, 0.3) is 0 Å². The molecule has 0 saturated heterocycles. The van der Waals surface area contributed by atoms with Crippen molar-refractivity contribution in [2.45, 2.75) is 43.7 Å². The summed E-state index contributed by atoms with van der Waals surface area (Å²) in [6.07, 6.45) is 5.62. The highest BCUT2D eigenvalue weighted by Crippen LogP contribution is 2.54. The highest BCUT2D eigenvalue weighted by molar-refractivity contribution is 5.06. The first-order valence-electron chi connectivity index (χ1n) is 5.14. The Morgan fingerprint density at radius 3 is 2.17 bits per heavy atom. The third-order valence-electron chi connectivity index (χ3n) is 4.31. The molecule has 0 radical (unpaired) electrons. The maximum Gasteiger partial charge on any atom is 0.0657 e. The molecule has 0 aliphatic heterocycles. The predicted molar refractivity (Wildman–Crippen MR) is 46.5 cm³/mol. The highest BCUT2D eigenvalue weighted by Gasteiger charge is 2.53. The van der Waals surface area contributed by atoms with Crippen LogP contribution in [0.15, 0.2) is 0 Å². The Kier molecular flexibility index (Phi) is 1.25. The Hall–Kier alpha value is -0.0800. The monoisotopic (exact) mass is 167 g/mol. The second-order valence-corrected chi connectivity index (χ2v) is 5.27. The molecule has 4 aliphatic rings. The fourth-order valence-electron chi connectivity index (χ4n) is 4.02. The molecule has 0 amide bonds. The zero-order valence-corrected chi connectivity index (χ0v) is 7.37. The van der Waals surface area contributed by atoms with Gasteiger partial charge < -0.3 is 10.8 Å². The van der Waals surface area contributed by atoms with Crippen LogP contribution in [0, 0.1) is 17.8 Å². The summed E-state index contributed by atoms with van der Waals surface area (Å²) in [5.74, 6) is 2.08. The molecule has 0 aromatic rings. The molecule has 12 heavy (non-hydrogen) atoms. The van der Waals surface area contributed by atoms with Crippen LogP contribution in [-0.4, -0.2) is 16.7 Å². The summed E-state index contributed by atoms with van der Waals surface area (Å²) < 4.78 is 0. The molecule has 4 aliphatic carbocycles. The van der Waals surface area contributed by atoms with E-state index in [1.807, 2.05) is 0 Å². The summed E-state index contributed by atoms with van der Waals surface area (Å²) in [5.41, 5.74) is 5.82. The Bertz CT molecular complexity index is 200. The van der Waals surface area contributed by atoms with Crippen molar-refractivity contribution in [1.29, 1.82) is 0 Å². The van der Waals surface area contributed by atoms with Crippen molar-refractivity contribution in [3.8, 4) is 0 Å². The van der Waals surface area contributed by atoms with E-state index in [4.69, 9.17) is 5.73 Å². The van der Waals surface area contributed by atoms with Gasteiger partial charge in [-0.2, -0.15) is 0 Å². The molecule has 2 nitrogen and oxygen atoms in total. The van der Waals surface area contributed by atoms with E-state index in [0.29, 0.717) is 17.9 Å². The van der Waals surface area contributed by atoms with Crippen molar-refractivity contribution >= 4 is 0 Å². The van der Waals surface area contributed by atoms with E-state index >= 15 is 0 Å². The number of aliphatic hydroxyl groups is 1. The van der Waals surface area contributed by atoms with Gasteiger partial charge in [-0.25, -0.2) is 0 Å². The second-order valence-electron chi connectivity index (χ2n) is 5.27. The molecule has 3 N–H and O–H groups in total. The van der Waals surface area contributed by atoms with Crippen molar-refractivity contribution in [2.24, 2.45) is 23.5 Å². The Morgan fingerprint density at radius 1 is 1.08 bits per heavy atom. The van der Waals surface area contributed by atoms with Gasteiger partial charge in [-0.3, -0.25) is 0 Å².